The molecule has 0 amide bonds. The van der Waals surface area contributed by atoms with Crippen molar-refractivity contribution >= 4 is 11.6 Å². The minimum atomic E-state index is -4.44. The van der Waals surface area contributed by atoms with Crippen LogP contribution in [0.15, 0.2) is 18.7 Å². The second-order valence-corrected chi connectivity index (χ2v) is 8.04. The first-order valence-electron chi connectivity index (χ1n) is 9.90. The molecule has 0 spiro atoms. The van der Waals surface area contributed by atoms with Crippen LogP contribution in [0, 0.1) is 6.92 Å². The maximum atomic E-state index is 13.2. The highest BCUT2D eigenvalue weighted by Crippen LogP contribution is 2.46. The molecular weight excluding hydrogens is 397 g/mol. The van der Waals surface area contributed by atoms with Crippen LogP contribution in [0.5, 0.6) is 0 Å². The maximum Gasteiger partial charge on any atom is 0.419 e. The van der Waals surface area contributed by atoms with E-state index in [9.17, 15) is 13.2 Å². The van der Waals surface area contributed by atoms with Crippen LogP contribution < -0.4 is 5.32 Å². The van der Waals surface area contributed by atoms with E-state index in [-0.39, 0.29) is 23.6 Å². The van der Waals surface area contributed by atoms with Gasteiger partial charge in [0.1, 0.15) is 12.2 Å². The Balaban J connectivity index is 1.32. The summed E-state index contributed by atoms with van der Waals surface area (Å²) in [4.78, 5) is 12.4. The fraction of sp³-hybridized carbons (Fsp3) is 0.526. The molecule has 2 fully saturated rings. The second-order valence-electron chi connectivity index (χ2n) is 8.04. The molecule has 2 aliphatic rings. The summed E-state index contributed by atoms with van der Waals surface area (Å²) in [5, 5.41) is 11.6. The average molecular weight is 418 g/mol. The van der Waals surface area contributed by atoms with Gasteiger partial charge >= 0.3 is 6.18 Å². The lowest BCUT2D eigenvalue weighted by atomic mass is 9.79. The van der Waals surface area contributed by atoms with Gasteiger partial charge in [-0.1, -0.05) is 0 Å². The summed E-state index contributed by atoms with van der Waals surface area (Å²) in [5.74, 6) is 1.35. The van der Waals surface area contributed by atoms with Gasteiger partial charge in [0.05, 0.1) is 34.9 Å². The molecule has 158 valence electrons. The largest absolute Gasteiger partial charge is 0.419 e. The number of rotatable bonds is 5. The summed E-state index contributed by atoms with van der Waals surface area (Å²) in [6.07, 6.45) is 2.94. The molecule has 5 rings (SSSR count). The summed E-state index contributed by atoms with van der Waals surface area (Å²) < 4.78 is 43.4. The molecule has 0 aromatic carbocycles. The van der Waals surface area contributed by atoms with Crippen LogP contribution in [0.1, 0.15) is 66.3 Å². The van der Waals surface area contributed by atoms with E-state index in [2.05, 4.69) is 30.5 Å². The van der Waals surface area contributed by atoms with E-state index in [0.29, 0.717) is 11.6 Å². The Morgan fingerprint density at radius 2 is 1.83 bits per heavy atom. The predicted octanol–water partition coefficient (Wildman–Crippen LogP) is 3.87. The first kappa shape index (κ1) is 19.0. The highest BCUT2D eigenvalue weighted by molar-refractivity contribution is 5.55. The lowest BCUT2D eigenvalue weighted by Crippen LogP contribution is -2.28. The molecule has 2 saturated carbocycles. The third-order valence-electron chi connectivity index (χ3n) is 5.95. The van der Waals surface area contributed by atoms with Crippen molar-refractivity contribution in [2.75, 3.05) is 5.32 Å². The summed E-state index contributed by atoms with van der Waals surface area (Å²) in [6.45, 7) is 1.93. The van der Waals surface area contributed by atoms with E-state index in [4.69, 9.17) is 0 Å². The summed E-state index contributed by atoms with van der Waals surface area (Å²) in [7, 11) is 1.89. The lowest BCUT2D eigenvalue weighted by Gasteiger charge is -2.35. The van der Waals surface area contributed by atoms with Crippen LogP contribution in [0.2, 0.25) is 0 Å². The van der Waals surface area contributed by atoms with Gasteiger partial charge < -0.3 is 5.32 Å². The van der Waals surface area contributed by atoms with Crippen LogP contribution in [-0.4, -0.2) is 34.5 Å². The molecule has 0 unspecified atom stereocenters. The van der Waals surface area contributed by atoms with Gasteiger partial charge in [-0.25, -0.2) is 15.0 Å². The van der Waals surface area contributed by atoms with E-state index < -0.39 is 11.7 Å². The summed E-state index contributed by atoms with van der Waals surface area (Å²) in [5.41, 5.74) is 0.925. The Morgan fingerprint density at radius 1 is 1.07 bits per heavy atom. The Bertz CT molecular complexity index is 1080. The highest BCUT2D eigenvalue weighted by Gasteiger charge is 2.40. The molecule has 3 aromatic rings. The zero-order valence-electron chi connectivity index (χ0n) is 16.6. The van der Waals surface area contributed by atoms with Gasteiger partial charge in [-0.2, -0.15) is 23.4 Å². The topological polar surface area (TPSA) is 86.3 Å². The molecule has 0 bridgehead atoms. The minimum Gasteiger partial charge on any atom is -0.321 e. The van der Waals surface area contributed by atoms with Gasteiger partial charge in [0.25, 0.3) is 0 Å². The molecule has 3 aromatic heterocycles. The van der Waals surface area contributed by atoms with Crippen molar-refractivity contribution in [2.45, 2.75) is 56.7 Å². The Morgan fingerprint density at radius 3 is 2.47 bits per heavy atom. The molecule has 30 heavy (non-hydrogen) atoms. The van der Waals surface area contributed by atoms with Crippen molar-refractivity contribution in [3.05, 3.63) is 41.5 Å². The lowest BCUT2D eigenvalue weighted by molar-refractivity contribution is -0.138. The Hall–Kier alpha value is -2.98. The van der Waals surface area contributed by atoms with E-state index in [1.807, 2.05) is 18.7 Å². The van der Waals surface area contributed by atoms with Gasteiger partial charge in [-0.05, 0) is 32.6 Å². The van der Waals surface area contributed by atoms with Crippen molar-refractivity contribution in [3.63, 3.8) is 0 Å². The van der Waals surface area contributed by atoms with Gasteiger partial charge in [0.2, 0.25) is 5.95 Å². The molecule has 8 nitrogen and oxygen atoms in total. The number of aryl methyl sites for hydroxylation is 1. The first-order chi connectivity index (χ1) is 14.3. The quantitative estimate of drug-likeness (QED) is 0.677. The average Bonchev–Trinajstić information content (AvgIpc) is 3.34. The summed E-state index contributed by atoms with van der Waals surface area (Å²) in [6, 6.07) is 0.248. The number of alkyl halides is 3. The fourth-order valence-electron chi connectivity index (χ4n) is 4.05. The number of hydrogen-bond acceptors (Lipinski definition) is 6. The van der Waals surface area contributed by atoms with Crippen molar-refractivity contribution in [1.82, 2.24) is 34.5 Å². The van der Waals surface area contributed by atoms with Crippen molar-refractivity contribution < 1.29 is 13.2 Å². The van der Waals surface area contributed by atoms with Gasteiger partial charge in [-0.15, -0.1) is 0 Å². The minimum absolute atomic E-state index is 0.0792. The molecule has 0 aliphatic heterocycles. The predicted molar refractivity (Wildman–Crippen MR) is 101 cm³/mol. The maximum absolute atomic E-state index is 13.2. The van der Waals surface area contributed by atoms with Crippen LogP contribution in [0.4, 0.5) is 24.8 Å². The monoisotopic (exact) mass is 418 g/mol. The van der Waals surface area contributed by atoms with Gasteiger partial charge in [-0.3, -0.25) is 9.36 Å². The molecule has 0 atom stereocenters. The molecular formula is C19H21F3N8. The third-order valence-corrected chi connectivity index (χ3v) is 5.95. The zero-order valence-corrected chi connectivity index (χ0v) is 16.6. The number of anilines is 2. The Kier molecular flexibility index (Phi) is 4.30. The number of hydrogen-bond donors (Lipinski definition) is 1. The SMILES string of the molecule is Cc1c(Nc2ncc(C(F)(F)F)c(C3CC3)n2)cnn1C1CC(c2ncnn2C)C1. The number of aromatic nitrogens is 7. The first-order valence-corrected chi connectivity index (χ1v) is 9.90. The van der Waals surface area contributed by atoms with Crippen molar-refractivity contribution in [1.29, 1.82) is 0 Å². The highest BCUT2D eigenvalue weighted by atomic mass is 19.4. The number of nitrogens with one attached hydrogen (secondary N) is 1. The fourth-order valence-corrected chi connectivity index (χ4v) is 4.05. The molecule has 0 saturated heterocycles. The van der Waals surface area contributed by atoms with Crippen LogP contribution in [0.25, 0.3) is 0 Å². The third kappa shape index (κ3) is 3.31. The normalized spacial score (nSPS) is 21.5. The van der Waals surface area contributed by atoms with E-state index in [1.165, 1.54) is 0 Å². The molecule has 11 heteroatoms. The standard InChI is InChI=1S/C19H21F3N8/c1-10-15(8-25-30(10)13-5-12(6-13)17-24-9-26-29(17)2)27-18-23-7-14(19(20,21)22)16(28-18)11-3-4-11/h7-9,11-13H,3-6H2,1-2H3,(H,23,27,28). The summed E-state index contributed by atoms with van der Waals surface area (Å²) >= 11 is 0. The molecule has 1 N–H and O–H groups in total. The number of nitrogens with zero attached hydrogens (tertiary/aromatic N) is 7. The van der Waals surface area contributed by atoms with Crippen molar-refractivity contribution in [3.8, 4) is 0 Å². The van der Waals surface area contributed by atoms with E-state index in [1.54, 1.807) is 17.2 Å². The van der Waals surface area contributed by atoms with E-state index in [0.717, 1.165) is 43.4 Å². The van der Waals surface area contributed by atoms with Gasteiger partial charge in [0.15, 0.2) is 0 Å². The molecule has 2 aliphatic carbocycles. The molecule has 0 radical (unpaired) electrons. The molecule has 3 heterocycles. The van der Waals surface area contributed by atoms with Gasteiger partial charge in [0, 0.05) is 25.1 Å². The van der Waals surface area contributed by atoms with E-state index >= 15 is 0 Å². The smallest absolute Gasteiger partial charge is 0.321 e. The second kappa shape index (κ2) is 6.78. The Labute approximate surface area is 170 Å². The number of halogens is 3. The van der Waals surface area contributed by atoms with Crippen LogP contribution in [0.3, 0.4) is 0 Å². The van der Waals surface area contributed by atoms with Crippen LogP contribution >= 0.6 is 0 Å². The van der Waals surface area contributed by atoms with Crippen LogP contribution in [-0.2, 0) is 13.2 Å². The zero-order chi connectivity index (χ0) is 21.0. The van der Waals surface area contributed by atoms with Crippen molar-refractivity contribution in [2.24, 2.45) is 7.05 Å².